The number of hydrogen-bond acceptors (Lipinski definition) is 5. The van der Waals surface area contributed by atoms with Crippen molar-refractivity contribution in [1.82, 2.24) is 4.98 Å². The minimum Gasteiger partial charge on any atom is -0.497 e. The average molecular weight is 431 g/mol. The molecule has 6 heteroatoms. The van der Waals surface area contributed by atoms with Gasteiger partial charge in [0.15, 0.2) is 12.2 Å². The summed E-state index contributed by atoms with van der Waals surface area (Å²) >= 11 is 0. The van der Waals surface area contributed by atoms with Crippen LogP contribution < -0.4 is 14.8 Å². The lowest BCUT2D eigenvalue weighted by Crippen LogP contribution is -2.20. The van der Waals surface area contributed by atoms with Crippen LogP contribution in [-0.4, -0.2) is 24.6 Å². The second-order valence-corrected chi connectivity index (χ2v) is 7.65. The van der Waals surface area contributed by atoms with Crippen LogP contribution in [0, 0.1) is 0 Å². The monoisotopic (exact) mass is 430 g/mol. The van der Waals surface area contributed by atoms with E-state index in [1.165, 1.54) is 5.56 Å². The number of aromatic nitrogens is 1. The standard InChI is InChI=1S/C26H26N2O4/c1-4-17(2)18-8-10-21(11-9-18)31-16-25(29)27-20-7-5-6-19(14-20)26-28-23-15-22(30-3)12-13-24(23)32-26/h5-15,17H,4,16H2,1-3H3,(H,27,29). The Morgan fingerprint density at radius 2 is 1.84 bits per heavy atom. The molecule has 1 aromatic heterocycles. The minimum atomic E-state index is -0.240. The molecular weight excluding hydrogens is 404 g/mol. The fraction of sp³-hybridized carbons (Fsp3) is 0.231. The third-order valence-corrected chi connectivity index (χ3v) is 5.42. The van der Waals surface area contributed by atoms with Crippen molar-refractivity contribution >= 4 is 22.7 Å². The summed E-state index contributed by atoms with van der Waals surface area (Å²) in [4.78, 5) is 16.9. The molecular formula is C26H26N2O4. The Kier molecular flexibility index (Phi) is 6.40. The van der Waals surface area contributed by atoms with Crippen LogP contribution in [0.15, 0.2) is 71.1 Å². The minimum absolute atomic E-state index is 0.0738. The van der Waals surface area contributed by atoms with Gasteiger partial charge in [0, 0.05) is 17.3 Å². The Balaban J connectivity index is 1.40. The van der Waals surface area contributed by atoms with E-state index in [-0.39, 0.29) is 12.5 Å². The molecule has 0 saturated heterocycles. The van der Waals surface area contributed by atoms with E-state index >= 15 is 0 Å². The highest BCUT2D eigenvalue weighted by atomic mass is 16.5. The van der Waals surface area contributed by atoms with E-state index in [9.17, 15) is 4.79 Å². The van der Waals surface area contributed by atoms with Crippen LogP contribution >= 0.6 is 0 Å². The molecule has 0 aliphatic heterocycles. The van der Waals surface area contributed by atoms with Crippen LogP contribution in [0.3, 0.4) is 0 Å². The van der Waals surface area contributed by atoms with Crippen molar-refractivity contribution in [2.24, 2.45) is 0 Å². The molecule has 1 N–H and O–H groups in total. The third-order valence-electron chi connectivity index (χ3n) is 5.42. The second kappa shape index (κ2) is 9.56. The SMILES string of the molecule is CCC(C)c1ccc(OCC(=O)Nc2cccc(-c3nc4cc(OC)ccc4o3)c2)cc1. The highest BCUT2D eigenvalue weighted by molar-refractivity contribution is 5.92. The molecule has 1 atom stereocenters. The largest absolute Gasteiger partial charge is 0.497 e. The molecule has 0 bridgehead atoms. The molecule has 3 aromatic carbocycles. The highest BCUT2D eigenvalue weighted by Crippen LogP contribution is 2.28. The number of ether oxygens (including phenoxy) is 2. The Bertz CT molecular complexity index is 1210. The summed E-state index contributed by atoms with van der Waals surface area (Å²) in [5.41, 5.74) is 4.05. The Labute approximate surface area is 187 Å². The molecule has 164 valence electrons. The van der Waals surface area contributed by atoms with Gasteiger partial charge in [-0.3, -0.25) is 4.79 Å². The van der Waals surface area contributed by atoms with E-state index in [2.05, 4.69) is 24.1 Å². The maximum absolute atomic E-state index is 12.4. The zero-order valence-corrected chi connectivity index (χ0v) is 18.4. The number of fused-ring (bicyclic) bond motifs is 1. The molecule has 1 unspecified atom stereocenters. The summed E-state index contributed by atoms with van der Waals surface area (Å²) < 4.78 is 16.7. The van der Waals surface area contributed by atoms with Crippen molar-refractivity contribution in [3.8, 4) is 23.0 Å². The van der Waals surface area contributed by atoms with Crippen molar-refractivity contribution in [3.05, 3.63) is 72.3 Å². The molecule has 0 saturated carbocycles. The normalized spacial score (nSPS) is 11.8. The molecule has 0 aliphatic carbocycles. The first-order chi connectivity index (χ1) is 15.6. The van der Waals surface area contributed by atoms with Gasteiger partial charge in [0.25, 0.3) is 5.91 Å². The van der Waals surface area contributed by atoms with Crippen molar-refractivity contribution in [3.63, 3.8) is 0 Å². The lowest BCUT2D eigenvalue weighted by molar-refractivity contribution is -0.118. The predicted octanol–water partition coefficient (Wildman–Crippen LogP) is 6.03. The molecule has 0 spiro atoms. The van der Waals surface area contributed by atoms with Gasteiger partial charge in [-0.15, -0.1) is 0 Å². The number of oxazole rings is 1. The smallest absolute Gasteiger partial charge is 0.262 e. The number of carbonyl (C=O) groups excluding carboxylic acids is 1. The Morgan fingerprint density at radius 3 is 2.59 bits per heavy atom. The van der Waals surface area contributed by atoms with Crippen LogP contribution in [0.4, 0.5) is 5.69 Å². The number of benzene rings is 3. The summed E-state index contributed by atoms with van der Waals surface area (Å²) in [6, 6.07) is 20.7. The van der Waals surface area contributed by atoms with Gasteiger partial charge in [-0.05, 0) is 60.4 Å². The van der Waals surface area contributed by atoms with Crippen LogP contribution in [-0.2, 0) is 4.79 Å². The van der Waals surface area contributed by atoms with Crippen molar-refractivity contribution in [1.29, 1.82) is 0 Å². The molecule has 32 heavy (non-hydrogen) atoms. The summed E-state index contributed by atoms with van der Waals surface area (Å²) in [6.07, 6.45) is 1.08. The van der Waals surface area contributed by atoms with Crippen molar-refractivity contribution in [2.75, 3.05) is 19.0 Å². The first-order valence-electron chi connectivity index (χ1n) is 10.6. The zero-order chi connectivity index (χ0) is 22.5. The number of nitrogens with zero attached hydrogens (tertiary/aromatic N) is 1. The quantitative estimate of drug-likeness (QED) is 0.369. The molecule has 1 amide bonds. The van der Waals surface area contributed by atoms with Crippen LogP contribution in [0.1, 0.15) is 31.7 Å². The van der Waals surface area contributed by atoms with Gasteiger partial charge in [0.2, 0.25) is 5.89 Å². The molecule has 0 aliphatic rings. The van der Waals surface area contributed by atoms with Gasteiger partial charge in [-0.1, -0.05) is 32.0 Å². The Hall–Kier alpha value is -3.80. The van der Waals surface area contributed by atoms with Crippen LogP contribution in [0.2, 0.25) is 0 Å². The zero-order valence-electron chi connectivity index (χ0n) is 18.4. The topological polar surface area (TPSA) is 73.6 Å². The first-order valence-corrected chi connectivity index (χ1v) is 10.6. The number of amides is 1. The third kappa shape index (κ3) is 4.91. The van der Waals surface area contributed by atoms with E-state index in [4.69, 9.17) is 13.9 Å². The van der Waals surface area contributed by atoms with E-state index < -0.39 is 0 Å². The van der Waals surface area contributed by atoms with Gasteiger partial charge < -0.3 is 19.2 Å². The number of methoxy groups -OCH3 is 1. The average Bonchev–Trinajstić information content (AvgIpc) is 3.26. The second-order valence-electron chi connectivity index (χ2n) is 7.65. The van der Waals surface area contributed by atoms with Crippen molar-refractivity contribution < 1.29 is 18.7 Å². The van der Waals surface area contributed by atoms with Crippen LogP contribution in [0.25, 0.3) is 22.6 Å². The molecule has 0 radical (unpaired) electrons. The summed E-state index contributed by atoms with van der Waals surface area (Å²) in [5, 5.41) is 2.86. The maximum atomic E-state index is 12.4. The number of anilines is 1. The lowest BCUT2D eigenvalue weighted by atomic mass is 9.99. The molecule has 4 aromatic rings. The van der Waals surface area contributed by atoms with Gasteiger partial charge in [0.1, 0.15) is 17.0 Å². The van der Waals surface area contributed by atoms with Gasteiger partial charge in [-0.25, -0.2) is 4.98 Å². The summed E-state index contributed by atoms with van der Waals surface area (Å²) in [5.74, 6) is 2.12. The van der Waals surface area contributed by atoms with E-state index in [0.717, 1.165) is 12.0 Å². The van der Waals surface area contributed by atoms with E-state index in [0.29, 0.717) is 40.1 Å². The molecule has 1 heterocycles. The lowest BCUT2D eigenvalue weighted by Gasteiger charge is -2.11. The number of carbonyl (C=O) groups is 1. The highest BCUT2D eigenvalue weighted by Gasteiger charge is 2.11. The number of rotatable bonds is 8. The fourth-order valence-electron chi connectivity index (χ4n) is 3.36. The Morgan fingerprint density at radius 1 is 1.06 bits per heavy atom. The number of nitrogens with one attached hydrogen (secondary N) is 1. The molecule has 0 fully saturated rings. The van der Waals surface area contributed by atoms with E-state index in [1.54, 1.807) is 7.11 Å². The van der Waals surface area contributed by atoms with Crippen LogP contribution in [0.5, 0.6) is 11.5 Å². The first kappa shape index (κ1) is 21.4. The van der Waals surface area contributed by atoms with Gasteiger partial charge >= 0.3 is 0 Å². The molecule has 6 nitrogen and oxygen atoms in total. The van der Waals surface area contributed by atoms with E-state index in [1.807, 2.05) is 66.7 Å². The maximum Gasteiger partial charge on any atom is 0.262 e. The summed E-state index contributed by atoms with van der Waals surface area (Å²) in [6.45, 7) is 4.28. The van der Waals surface area contributed by atoms with Gasteiger partial charge in [0.05, 0.1) is 7.11 Å². The van der Waals surface area contributed by atoms with Crippen molar-refractivity contribution in [2.45, 2.75) is 26.2 Å². The van der Waals surface area contributed by atoms with Gasteiger partial charge in [-0.2, -0.15) is 0 Å². The fourth-order valence-corrected chi connectivity index (χ4v) is 3.36. The molecule has 4 rings (SSSR count). The summed E-state index contributed by atoms with van der Waals surface area (Å²) in [7, 11) is 1.61. The predicted molar refractivity (Wildman–Crippen MR) is 125 cm³/mol. The number of hydrogen-bond donors (Lipinski definition) is 1.